The standard InChI is InChI=1S/C16H16N4O2S/c21-23(22,16-7-2-1-3-8-16)19-10-14-5-4-6-15(9-14)11-20-13-17-12-18-20/h1-9,12-13,19H,10-11H2. The van der Waals surface area contributed by atoms with E-state index in [1.54, 1.807) is 41.3 Å². The fourth-order valence-electron chi connectivity index (χ4n) is 2.20. The van der Waals surface area contributed by atoms with Gasteiger partial charge in [0.05, 0.1) is 11.4 Å². The van der Waals surface area contributed by atoms with Crippen LogP contribution in [0.5, 0.6) is 0 Å². The monoisotopic (exact) mass is 328 g/mol. The number of aromatic nitrogens is 3. The lowest BCUT2D eigenvalue weighted by atomic mass is 10.1. The van der Waals surface area contributed by atoms with E-state index < -0.39 is 10.0 Å². The predicted octanol–water partition coefficient (Wildman–Crippen LogP) is 1.80. The molecule has 2 aromatic carbocycles. The molecule has 118 valence electrons. The first-order valence-electron chi connectivity index (χ1n) is 7.08. The molecule has 0 unspecified atom stereocenters. The molecule has 0 aliphatic rings. The van der Waals surface area contributed by atoms with Crippen LogP contribution in [-0.4, -0.2) is 23.2 Å². The smallest absolute Gasteiger partial charge is 0.240 e. The largest absolute Gasteiger partial charge is 0.249 e. The van der Waals surface area contributed by atoms with Crippen molar-refractivity contribution in [2.24, 2.45) is 0 Å². The third-order valence-electron chi connectivity index (χ3n) is 3.32. The Hall–Kier alpha value is -2.51. The minimum atomic E-state index is -3.50. The maximum atomic E-state index is 12.2. The van der Waals surface area contributed by atoms with Gasteiger partial charge < -0.3 is 0 Å². The van der Waals surface area contributed by atoms with Gasteiger partial charge in [0.25, 0.3) is 0 Å². The Bertz CT molecular complexity index is 862. The summed E-state index contributed by atoms with van der Waals surface area (Å²) in [5, 5.41) is 4.06. The molecule has 3 aromatic rings. The Morgan fingerprint density at radius 2 is 1.78 bits per heavy atom. The lowest BCUT2D eigenvalue weighted by molar-refractivity contribution is 0.581. The average molecular weight is 328 g/mol. The molecule has 0 amide bonds. The molecule has 0 saturated carbocycles. The van der Waals surface area contributed by atoms with Gasteiger partial charge in [-0.2, -0.15) is 5.10 Å². The second kappa shape index (κ2) is 6.72. The molecule has 0 spiro atoms. The summed E-state index contributed by atoms with van der Waals surface area (Å²) in [7, 11) is -3.50. The zero-order chi connectivity index (χ0) is 16.1. The highest BCUT2D eigenvalue weighted by molar-refractivity contribution is 7.89. The molecular weight excluding hydrogens is 312 g/mol. The van der Waals surface area contributed by atoms with Crippen LogP contribution in [0.1, 0.15) is 11.1 Å². The molecule has 7 heteroatoms. The topological polar surface area (TPSA) is 76.9 Å². The first kappa shape index (κ1) is 15.4. The van der Waals surface area contributed by atoms with E-state index in [-0.39, 0.29) is 11.4 Å². The van der Waals surface area contributed by atoms with E-state index >= 15 is 0 Å². The summed E-state index contributed by atoms with van der Waals surface area (Å²) in [5.74, 6) is 0. The van der Waals surface area contributed by atoms with E-state index in [4.69, 9.17) is 0 Å². The van der Waals surface area contributed by atoms with Crippen LogP contribution in [0.4, 0.5) is 0 Å². The van der Waals surface area contributed by atoms with E-state index in [0.29, 0.717) is 6.54 Å². The Balaban J connectivity index is 1.69. The highest BCUT2D eigenvalue weighted by atomic mass is 32.2. The molecule has 0 aliphatic heterocycles. The normalized spacial score (nSPS) is 11.5. The minimum Gasteiger partial charge on any atom is -0.249 e. The number of nitrogens with one attached hydrogen (secondary N) is 1. The van der Waals surface area contributed by atoms with Crippen molar-refractivity contribution in [3.05, 3.63) is 78.4 Å². The molecule has 6 nitrogen and oxygen atoms in total. The SMILES string of the molecule is O=S(=O)(NCc1cccc(Cn2cncn2)c1)c1ccccc1. The highest BCUT2D eigenvalue weighted by Crippen LogP contribution is 2.10. The molecular formula is C16H16N4O2S. The number of nitrogens with zero attached hydrogens (tertiary/aromatic N) is 3. The van der Waals surface area contributed by atoms with Crippen molar-refractivity contribution in [3.8, 4) is 0 Å². The van der Waals surface area contributed by atoms with Crippen LogP contribution in [-0.2, 0) is 23.1 Å². The molecule has 0 radical (unpaired) electrons. The maximum absolute atomic E-state index is 12.2. The molecule has 0 fully saturated rings. The fraction of sp³-hybridized carbons (Fsp3) is 0.125. The zero-order valence-electron chi connectivity index (χ0n) is 12.3. The van der Waals surface area contributed by atoms with Gasteiger partial charge in [-0.25, -0.2) is 22.8 Å². The van der Waals surface area contributed by atoms with Crippen LogP contribution >= 0.6 is 0 Å². The molecule has 1 N–H and O–H groups in total. The summed E-state index contributed by atoms with van der Waals surface area (Å²) in [6.45, 7) is 0.835. The summed E-state index contributed by atoms with van der Waals surface area (Å²) in [6.07, 6.45) is 3.13. The lowest BCUT2D eigenvalue weighted by Crippen LogP contribution is -2.23. The van der Waals surface area contributed by atoms with Crippen LogP contribution in [0.3, 0.4) is 0 Å². The Labute approximate surface area is 134 Å². The lowest BCUT2D eigenvalue weighted by Gasteiger charge is -2.08. The first-order chi connectivity index (χ1) is 11.1. The molecule has 1 heterocycles. The van der Waals surface area contributed by atoms with Crippen molar-refractivity contribution < 1.29 is 8.42 Å². The Kier molecular flexibility index (Phi) is 4.50. The number of benzene rings is 2. The summed E-state index contributed by atoms with van der Waals surface area (Å²) in [4.78, 5) is 4.17. The number of hydrogen-bond donors (Lipinski definition) is 1. The van der Waals surface area contributed by atoms with Crippen LogP contribution < -0.4 is 4.72 Å². The summed E-state index contributed by atoms with van der Waals surface area (Å²) in [5.41, 5.74) is 1.93. The molecule has 0 saturated heterocycles. The van der Waals surface area contributed by atoms with Gasteiger partial charge in [-0.3, -0.25) is 0 Å². The van der Waals surface area contributed by atoms with Crippen LogP contribution in [0.15, 0.2) is 72.1 Å². The number of rotatable bonds is 6. The Morgan fingerprint density at radius 1 is 1.00 bits per heavy atom. The van der Waals surface area contributed by atoms with Gasteiger partial charge in [0, 0.05) is 6.54 Å². The van der Waals surface area contributed by atoms with Gasteiger partial charge in [0.1, 0.15) is 12.7 Å². The van der Waals surface area contributed by atoms with E-state index in [0.717, 1.165) is 11.1 Å². The first-order valence-corrected chi connectivity index (χ1v) is 8.57. The van der Waals surface area contributed by atoms with Gasteiger partial charge in [0.2, 0.25) is 10.0 Å². The van der Waals surface area contributed by atoms with Gasteiger partial charge in [-0.05, 0) is 23.3 Å². The third kappa shape index (κ3) is 4.02. The van der Waals surface area contributed by atoms with Crippen molar-refractivity contribution in [2.75, 3.05) is 0 Å². The van der Waals surface area contributed by atoms with Gasteiger partial charge in [0.15, 0.2) is 0 Å². The molecule has 1 aromatic heterocycles. The van der Waals surface area contributed by atoms with Gasteiger partial charge in [-0.1, -0.05) is 42.5 Å². The summed E-state index contributed by atoms with van der Waals surface area (Å²) < 4.78 is 28.8. The third-order valence-corrected chi connectivity index (χ3v) is 4.74. The molecule has 0 aliphatic carbocycles. The molecule has 3 rings (SSSR count). The van der Waals surface area contributed by atoms with Gasteiger partial charge in [-0.15, -0.1) is 0 Å². The van der Waals surface area contributed by atoms with Crippen molar-refractivity contribution in [3.63, 3.8) is 0 Å². The van der Waals surface area contributed by atoms with E-state index in [2.05, 4.69) is 14.8 Å². The number of sulfonamides is 1. The Morgan fingerprint density at radius 3 is 2.52 bits per heavy atom. The zero-order valence-corrected chi connectivity index (χ0v) is 13.1. The van der Waals surface area contributed by atoms with Crippen LogP contribution in [0, 0.1) is 0 Å². The molecule has 0 bridgehead atoms. The van der Waals surface area contributed by atoms with Crippen molar-refractivity contribution >= 4 is 10.0 Å². The summed E-state index contributed by atoms with van der Waals surface area (Å²) in [6, 6.07) is 16.0. The fourth-order valence-corrected chi connectivity index (χ4v) is 3.24. The van der Waals surface area contributed by atoms with Gasteiger partial charge >= 0.3 is 0 Å². The minimum absolute atomic E-state index is 0.239. The molecule has 23 heavy (non-hydrogen) atoms. The average Bonchev–Trinajstić information content (AvgIpc) is 3.07. The quantitative estimate of drug-likeness (QED) is 0.748. The highest BCUT2D eigenvalue weighted by Gasteiger charge is 2.12. The van der Waals surface area contributed by atoms with Crippen LogP contribution in [0.25, 0.3) is 0 Å². The number of hydrogen-bond acceptors (Lipinski definition) is 4. The van der Waals surface area contributed by atoms with E-state index in [9.17, 15) is 8.42 Å². The summed E-state index contributed by atoms with van der Waals surface area (Å²) >= 11 is 0. The maximum Gasteiger partial charge on any atom is 0.240 e. The predicted molar refractivity (Wildman–Crippen MR) is 86.0 cm³/mol. The second-order valence-electron chi connectivity index (χ2n) is 5.05. The van der Waals surface area contributed by atoms with E-state index in [1.807, 2.05) is 24.3 Å². The van der Waals surface area contributed by atoms with Crippen molar-refractivity contribution in [2.45, 2.75) is 18.0 Å². The van der Waals surface area contributed by atoms with Crippen molar-refractivity contribution in [1.82, 2.24) is 19.5 Å². The molecule has 0 atom stereocenters. The van der Waals surface area contributed by atoms with E-state index in [1.165, 1.54) is 6.33 Å². The van der Waals surface area contributed by atoms with Crippen LogP contribution in [0.2, 0.25) is 0 Å². The second-order valence-corrected chi connectivity index (χ2v) is 6.82. The van der Waals surface area contributed by atoms with Crippen molar-refractivity contribution in [1.29, 1.82) is 0 Å².